The van der Waals surface area contributed by atoms with Gasteiger partial charge in [0.25, 0.3) is 0 Å². The number of ether oxygens (including phenoxy) is 7. The summed E-state index contributed by atoms with van der Waals surface area (Å²) in [4.78, 5) is 76.5. The minimum atomic E-state index is -1.35. The van der Waals surface area contributed by atoms with E-state index >= 15 is 0 Å². The molecule has 0 radical (unpaired) electrons. The van der Waals surface area contributed by atoms with Gasteiger partial charge < -0.3 is 33.2 Å². The van der Waals surface area contributed by atoms with E-state index in [1.54, 1.807) is 0 Å². The van der Waals surface area contributed by atoms with Gasteiger partial charge in [-0.05, 0) is 35.5 Å². The second kappa shape index (κ2) is 25.7. The number of esters is 6. The van der Waals surface area contributed by atoms with Crippen molar-refractivity contribution >= 4 is 35.8 Å². The molecule has 13 nitrogen and oxygen atoms in total. The fourth-order valence-corrected chi connectivity index (χ4v) is 4.74. The van der Waals surface area contributed by atoms with Crippen LogP contribution >= 0.6 is 0 Å². The third-order valence-corrected chi connectivity index (χ3v) is 7.50. The summed E-state index contributed by atoms with van der Waals surface area (Å²) in [5.74, 6) is -2.90. The largest absolute Gasteiger partial charge is 0.465 e. The van der Waals surface area contributed by atoms with Gasteiger partial charge in [-0.15, -0.1) is 0 Å². The molecular weight excluding hydrogens is 688 g/mol. The lowest BCUT2D eigenvalue weighted by atomic mass is 9.90. The molecule has 0 rings (SSSR count). The van der Waals surface area contributed by atoms with Crippen LogP contribution < -0.4 is 0 Å². The number of carbonyl (C=O) groups is 6. The highest BCUT2D eigenvalue weighted by molar-refractivity contribution is 5.72. The fourth-order valence-electron chi connectivity index (χ4n) is 4.74. The van der Waals surface area contributed by atoms with E-state index in [-0.39, 0.29) is 127 Å². The van der Waals surface area contributed by atoms with E-state index in [1.807, 2.05) is 83.1 Å². The standard InChI is InChI=1S/C40H70O13/c1-27(2)13-33(41)48-21-39(22-49-34(42)14-28(3)4,23-50-35(43)15-29(5)6)19-47-20-40(24-51-36(44)16-30(7)8,25-52-37(45)17-31(9)10)26-53-38(46)18-32(11)12/h27-32H,13-26H2,1-12H3. The molecule has 308 valence electrons. The Morgan fingerprint density at radius 2 is 0.453 bits per heavy atom. The van der Waals surface area contributed by atoms with E-state index in [9.17, 15) is 28.8 Å². The quantitative estimate of drug-likeness (QED) is 0.0626. The summed E-state index contributed by atoms with van der Waals surface area (Å²) in [7, 11) is 0. The van der Waals surface area contributed by atoms with Crippen molar-refractivity contribution in [3.63, 3.8) is 0 Å². The second-order valence-electron chi connectivity index (χ2n) is 17.0. The molecule has 0 saturated heterocycles. The van der Waals surface area contributed by atoms with Crippen molar-refractivity contribution in [2.45, 2.75) is 122 Å². The molecule has 53 heavy (non-hydrogen) atoms. The van der Waals surface area contributed by atoms with Crippen molar-refractivity contribution in [1.29, 1.82) is 0 Å². The van der Waals surface area contributed by atoms with Crippen LogP contribution in [0.4, 0.5) is 0 Å². The first kappa shape index (κ1) is 49.8. The van der Waals surface area contributed by atoms with Crippen LogP contribution in [0, 0.1) is 46.3 Å². The number of carbonyl (C=O) groups excluding carboxylic acids is 6. The summed E-state index contributed by atoms with van der Waals surface area (Å²) < 4.78 is 40.3. The highest BCUT2D eigenvalue weighted by Crippen LogP contribution is 2.27. The van der Waals surface area contributed by atoms with Gasteiger partial charge in [-0.1, -0.05) is 83.1 Å². The number of rotatable bonds is 28. The van der Waals surface area contributed by atoms with Crippen LogP contribution in [0.25, 0.3) is 0 Å². The van der Waals surface area contributed by atoms with Gasteiger partial charge in [0.2, 0.25) is 0 Å². The third-order valence-electron chi connectivity index (χ3n) is 7.50. The van der Waals surface area contributed by atoms with Crippen molar-refractivity contribution in [2.24, 2.45) is 46.3 Å². The molecule has 0 aromatic heterocycles. The zero-order chi connectivity index (χ0) is 40.8. The Kier molecular flexibility index (Phi) is 24.2. The summed E-state index contributed by atoms with van der Waals surface area (Å²) in [6.07, 6.45) is 0.783. The van der Waals surface area contributed by atoms with Gasteiger partial charge in [0.05, 0.1) is 24.0 Å². The molecule has 0 aliphatic rings. The first-order chi connectivity index (χ1) is 24.6. The Balaban J connectivity index is 6.78. The van der Waals surface area contributed by atoms with Crippen molar-refractivity contribution in [3.8, 4) is 0 Å². The summed E-state index contributed by atoms with van der Waals surface area (Å²) in [6.45, 7) is 20.0. The van der Waals surface area contributed by atoms with Crippen LogP contribution in [0.1, 0.15) is 122 Å². The molecular formula is C40H70O13. The fraction of sp³-hybridized carbons (Fsp3) is 0.850. The molecule has 0 aromatic rings. The summed E-state index contributed by atoms with van der Waals surface area (Å²) in [5, 5.41) is 0. The monoisotopic (exact) mass is 758 g/mol. The third kappa shape index (κ3) is 25.4. The lowest BCUT2D eigenvalue weighted by Gasteiger charge is -2.36. The van der Waals surface area contributed by atoms with Gasteiger partial charge in [-0.3, -0.25) is 28.8 Å². The van der Waals surface area contributed by atoms with E-state index in [4.69, 9.17) is 33.2 Å². The van der Waals surface area contributed by atoms with Gasteiger partial charge in [-0.25, -0.2) is 0 Å². The molecule has 0 aliphatic carbocycles. The predicted molar refractivity (Wildman–Crippen MR) is 198 cm³/mol. The maximum absolute atomic E-state index is 12.8. The molecule has 0 spiro atoms. The van der Waals surface area contributed by atoms with E-state index in [2.05, 4.69) is 0 Å². The molecule has 0 fully saturated rings. The lowest BCUT2D eigenvalue weighted by Crippen LogP contribution is -2.47. The van der Waals surface area contributed by atoms with Crippen molar-refractivity contribution in [2.75, 3.05) is 52.9 Å². The normalized spacial score (nSPS) is 12.1. The van der Waals surface area contributed by atoms with Crippen molar-refractivity contribution in [3.05, 3.63) is 0 Å². The number of hydrogen-bond donors (Lipinski definition) is 0. The van der Waals surface area contributed by atoms with E-state index in [0.717, 1.165) is 0 Å². The molecule has 0 aromatic carbocycles. The minimum Gasteiger partial charge on any atom is -0.465 e. The zero-order valence-corrected chi connectivity index (χ0v) is 34.7. The smallest absolute Gasteiger partial charge is 0.306 e. The van der Waals surface area contributed by atoms with E-state index < -0.39 is 46.6 Å². The molecule has 0 bridgehead atoms. The summed E-state index contributed by atoms with van der Waals surface area (Å²) >= 11 is 0. The SMILES string of the molecule is CC(C)CC(=O)OCC(COCC(COC(=O)CC(C)C)(COC(=O)CC(C)C)COC(=O)CC(C)C)(COC(=O)CC(C)C)COC(=O)CC(C)C. The average molecular weight is 759 g/mol. The predicted octanol–water partition coefficient (Wildman–Crippen LogP) is 6.51. The van der Waals surface area contributed by atoms with E-state index in [0.29, 0.717) is 0 Å². The lowest BCUT2D eigenvalue weighted by molar-refractivity contribution is -0.175. The molecule has 0 atom stereocenters. The Labute approximate surface area is 318 Å². The number of hydrogen-bond acceptors (Lipinski definition) is 13. The Bertz CT molecular complexity index is 909. The highest BCUT2D eigenvalue weighted by Gasteiger charge is 2.41. The molecule has 0 heterocycles. The Hall–Kier alpha value is -3.22. The first-order valence-corrected chi connectivity index (χ1v) is 19.1. The molecule has 0 amide bonds. The summed E-state index contributed by atoms with van der Waals surface area (Å²) in [6, 6.07) is 0. The van der Waals surface area contributed by atoms with Gasteiger partial charge in [0.1, 0.15) is 39.6 Å². The maximum atomic E-state index is 12.8. The topological polar surface area (TPSA) is 167 Å². The van der Waals surface area contributed by atoms with Crippen molar-refractivity contribution < 1.29 is 61.9 Å². The van der Waals surface area contributed by atoms with Crippen LogP contribution in [0.2, 0.25) is 0 Å². The minimum absolute atomic E-state index is 0.0109. The average Bonchev–Trinajstić information content (AvgIpc) is 3.00. The van der Waals surface area contributed by atoms with Crippen LogP contribution in [-0.2, 0) is 61.9 Å². The molecule has 0 aliphatic heterocycles. The van der Waals surface area contributed by atoms with Crippen LogP contribution in [0.3, 0.4) is 0 Å². The van der Waals surface area contributed by atoms with Crippen LogP contribution in [0.5, 0.6) is 0 Å². The summed E-state index contributed by atoms with van der Waals surface area (Å²) in [5.41, 5.74) is -2.71. The Morgan fingerprint density at radius 3 is 0.585 bits per heavy atom. The maximum Gasteiger partial charge on any atom is 0.306 e. The molecule has 0 saturated carbocycles. The molecule has 0 N–H and O–H groups in total. The van der Waals surface area contributed by atoms with Gasteiger partial charge >= 0.3 is 35.8 Å². The van der Waals surface area contributed by atoms with Gasteiger partial charge in [0.15, 0.2) is 0 Å². The molecule has 0 unspecified atom stereocenters. The van der Waals surface area contributed by atoms with Gasteiger partial charge in [0, 0.05) is 38.5 Å². The second-order valence-corrected chi connectivity index (χ2v) is 17.0. The zero-order valence-electron chi connectivity index (χ0n) is 34.7. The van der Waals surface area contributed by atoms with E-state index in [1.165, 1.54) is 0 Å². The van der Waals surface area contributed by atoms with Gasteiger partial charge in [-0.2, -0.15) is 0 Å². The first-order valence-electron chi connectivity index (χ1n) is 19.1. The van der Waals surface area contributed by atoms with Crippen LogP contribution in [0.15, 0.2) is 0 Å². The highest BCUT2D eigenvalue weighted by atomic mass is 16.6. The van der Waals surface area contributed by atoms with Crippen LogP contribution in [-0.4, -0.2) is 88.7 Å². The van der Waals surface area contributed by atoms with Crippen molar-refractivity contribution in [1.82, 2.24) is 0 Å². The Morgan fingerprint density at radius 1 is 0.302 bits per heavy atom. The molecule has 13 heteroatoms.